The third kappa shape index (κ3) is 3.65. The minimum Gasteiger partial charge on any atom is -0.393 e. The number of alkyl halides is 1. The van der Waals surface area contributed by atoms with Gasteiger partial charge in [-0.2, -0.15) is 0 Å². The Hall–Kier alpha value is -0.160. The number of thiazole rings is 1. The van der Waals surface area contributed by atoms with Gasteiger partial charge in [0.2, 0.25) is 0 Å². The van der Waals surface area contributed by atoms with Gasteiger partial charge in [0.25, 0.3) is 0 Å². The Balaban J connectivity index is 1.81. The molecule has 0 spiro atoms. The Morgan fingerprint density at radius 2 is 2.29 bits per heavy atom. The van der Waals surface area contributed by atoms with E-state index in [1.54, 1.807) is 11.3 Å². The van der Waals surface area contributed by atoms with Crippen LogP contribution in [0.25, 0.3) is 0 Å². The number of likely N-dealkylation sites (tertiary alicyclic amines) is 1. The van der Waals surface area contributed by atoms with Crippen molar-refractivity contribution in [2.75, 3.05) is 13.1 Å². The molecule has 3 nitrogen and oxygen atoms in total. The monoisotopic (exact) mass is 274 g/mol. The van der Waals surface area contributed by atoms with Crippen LogP contribution >= 0.6 is 22.9 Å². The van der Waals surface area contributed by atoms with Crippen LogP contribution in [0.5, 0.6) is 0 Å². The summed E-state index contributed by atoms with van der Waals surface area (Å²) >= 11 is 7.43. The number of hydrogen-bond acceptors (Lipinski definition) is 4. The third-order valence-corrected chi connectivity index (χ3v) is 4.57. The van der Waals surface area contributed by atoms with E-state index in [9.17, 15) is 5.11 Å². The Morgan fingerprint density at radius 3 is 2.82 bits per heavy atom. The molecule has 1 aromatic rings. The molecular formula is C12H19ClN2OS. The molecule has 0 aromatic carbocycles. The molecule has 5 heteroatoms. The molecule has 2 heterocycles. The van der Waals surface area contributed by atoms with Crippen LogP contribution in [0.15, 0.2) is 5.38 Å². The van der Waals surface area contributed by atoms with Crippen molar-refractivity contribution in [3.8, 4) is 0 Å². The van der Waals surface area contributed by atoms with E-state index in [0.29, 0.717) is 11.8 Å². The second kappa shape index (κ2) is 6.14. The lowest BCUT2D eigenvalue weighted by atomic mass is 9.92. The van der Waals surface area contributed by atoms with Crippen LogP contribution in [0.4, 0.5) is 0 Å². The highest BCUT2D eigenvalue weighted by Gasteiger charge is 2.22. The number of hydrogen-bond donors (Lipinski definition) is 1. The summed E-state index contributed by atoms with van der Waals surface area (Å²) in [4.78, 5) is 6.88. The first-order chi connectivity index (χ1) is 8.19. The van der Waals surface area contributed by atoms with E-state index in [1.807, 2.05) is 12.3 Å². The number of aromatic nitrogens is 1. The molecule has 17 heavy (non-hydrogen) atoms. The Kier molecular flexibility index (Phi) is 4.79. The van der Waals surface area contributed by atoms with Gasteiger partial charge in [-0.3, -0.25) is 4.90 Å². The van der Waals surface area contributed by atoms with E-state index >= 15 is 0 Å². The zero-order valence-electron chi connectivity index (χ0n) is 10.1. The van der Waals surface area contributed by atoms with Crippen molar-refractivity contribution < 1.29 is 5.11 Å². The van der Waals surface area contributed by atoms with Crippen LogP contribution in [-0.2, 0) is 12.4 Å². The maximum absolute atomic E-state index is 9.54. The molecule has 1 aliphatic heterocycles. The fraction of sp³-hybridized carbons (Fsp3) is 0.750. The first-order valence-corrected chi connectivity index (χ1v) is 7.50. The van der Waals surface area contributed by atoms with Crippen molar-refractivity contribution in [2.45, 2.75) is 38.3 Å². The second-order valence-electron chi connectivity index (χ2n) is 4.72. The lowest BCUT2D eigenvalue weighted by Gasteiger charge is -2.32. The van der Waals surface area contributed by atoms with E-state index in [2.05, 4.69) is 9.88 Å². The number of aliphatic hydroxyl groups excluding tert-OH is 1. The van der Waals surface area contributed by atoms with Crippen molar-refractivity contribution in [3.63, 3.8) is 0 Å². The molecule has 1 atom stereocenters. The van der Waals surface area contributed by atoms with Gasteiger partial charge < -0.3 is 5.11 Å². The summed E-state index contributed by atoms with van der Waals surface area (Å²) in [5.41, 5.74) is 0.977. The van der Waals surface area contributed by atoms with Crippen molar-refractivity contribution >= 4 is 22.9 Å². The lowest BCUT2D eigenvalue weighted by molar-refractivity contribution is 0.0695. The average Bonchev–Trinajstić information content (AvgIpc) is 2.77. The number of halogens is 1. The molecule has 0 amide bonds. The summed E-state index contributed by atoms with van der Waals surface area (Å²) in [6, 6.07) is 0. The van der Waals surface area contributed by atoms with Gasteiger partial charge in [0.15, 0.2) is 0 Å². The molecule has 1 fully saturated rings. The molecule has 1 aliphatic rings. The zero-order valence-corrected chi connectivity index (χ0v) is 11.7. The predicted octanol–water partition coefficient (Wildman–Crippen LogP) is 2.47. The van der Waals surface area contributed by atoms with Crippen LogP contribution in [0, 0.1) is 5.92 Å². The molecule has 1 N–H and O–H groups in total. The average molecular weight is 275 g/mol. The maximum Gasteiger partial charge on any atom is 0.107 e. The Labute approximate surface area is 111 Å². The minimum atomic E-state index is -0.167. The summed E-state index contributed by atoms with van der Waals surface area (Å²) < 4.78 is 0. The highest BCUT2D eigenvalue weighted by atomic mass is 35.5. The van der Waals surface area contributed by atoms with Gasteiger partial charge in [0.1, 0.15) is 5.01 Å². The standard InChI is InChI=1S/C12H19ClN2OS/c1-9(16)10-2-4-15(5-3-10)7-12-14-11(6-13)8-17-12/h8-10,16H,2-7H2,1H3. The molecule has 1 aromatic heterocycles. The first kappa shape index (κ1) is 13.3. The van der Waals surface area contributed by atoms with Crippen molar-refractivity contribution in [2.24, 2.45) is 5.92 Å². The summed E-state index contributed by atoms with van der Waals surface area (Å²) in [5, 5.41) is 12.7. The Morgan fingerprint density at radius 1 is 1.59 bits per heavy atom. The van der Waals surface area contributed by atoms with Gasteiger partial charge >= 0.3 is 0 Å². The molecule has 96 valence electrons. The van der Waals surface area contributed by atoms with Crippen molar-refractivity contribution in [3.05, 3.63) is 16.1 Å². The molecule has 0 saturated carbocycles. The Bertz CT molecular complexity index is 348. The van der Waals surface area contributed by atoms with Gasteiger partial charge in [0.05, 0.1) is 24.2 Å². The van der Waals surface area contributed by atoms with Crippen molar-refractivity contribution in [1.29, 1.82) is 0 Å². The SMILES string of the molecule is CC(O)C1CCN(Cc2nc(CCl)cs2)CC1. The zero-order chi connectivity index (χ0) is 12.3. The van der Waals surface area contributed by atoms with Crippen molar-refractivity contribution in [1.82, 2.24) is 9.88 Å². The maximum atomic E-state index is 9.54. The summed E-state index contributed by atoms with van der Waals surface area (Å²) in [7, 11) is 0. The summed E-state index contributed by atoms with van der Waals surface area (Å²) in [5.74, 6) is 0.974. The first-order valence-electron chi connectivity index (χ1n) is 6.08. The van der Waals surface area contributed by atoms with Gasteiger partial charge in [-0.15, -0.1) is 22.9 Å². The minimum absolute atomic E-state index is 0.167. The normalized spacial score (nSPS) is 20.6. The van der Waals surface area contributed by atoms with Crippen LogP contribution < -0.4 is 0 Å². The fourth-order valence-electron chi connectivity index (χ4n) is 2.27. The highest BCUT2D eigenvalue weighted by Crippen LogP contribution is 2.22. The number of aliphatic hydroxyl groups is 1. The van der Waals surface area contributed by atoms with Crippen LogP contribution in [0.2, 0.25) is 0 Å². The fourth-order valence-corrected chi connectivity index (χ4v) is 3.33. The highest BCUT2D eigenvalue weighted by molar-refractivity contribution is 7.09. The van der Waals surface area contributed by atoms with Crippen LogP contribution in [0.3, 0.4) is 0 Å². The van der Waals surface area contributed by atoms with Crippen LogP contribution in [-0.4, -0.2) is 34.2 Å². The smallest absolute Gasteiger partial charge is 0.107 e. The van der Waals surface area contributed by atoms with Gasteiger partial charge in [-0.25, -0.2) is 4.98 Å². The van der Waals surface area contributed by atoms with Gasteiger partial charge in [-0.1, -0.05) is 0 Å². The molecule has 2 rings (SSSR count). The molecule has 0 bridgehead atoms. The van der Waals surface area contributed by atoms with E-state index < -0.39 is 0 Å². The van der Waals surface area contributed by atoms with Crippen LogP contribution in [0.1, 0.15) is 30.5 Å². The molecular weight excluding hydrogens is 256 g/mol. The summed E-state index contributed by atoms with van der Waals surface area (Å²) in [6.45, 7) is 4.94. The second-order valence-corrected chi connectivity index (χ2v) is 5.93. The van der Waals surface area contributed by atoms with Gasteiger partial charge in [0, 0.05) is 5.38 Å². The number of rotatable bonds is 4. The van der Waals surface area contributed by atoms with E-state index in [1.165, 1.54) is 0 Å². The third-order valence-electron chi connectivity index (χ3n) is 3.41. The lowest BCUT2D eigenvalue weighted by Crippen LogP contribution is -2.36. The van der Waals surface area contributed by atoms with E-state index in [0.717, 1.165) is 43.2 Å². The van der Waals surface area contributed by atoms with E-state index in [4.69, 9.17) is 11.6 Å². The molecule has 0 radical (unpaired) electrons. The largest absolute Gasteiger partial charge is 0.393 e. The number of nitrogens with zero attached hydrogens (tertiary/aromatic N) is 2. The molecule has 1 saturated heterocycles. The van der Waals surface area contributed by atoms with E-state index in [-0.39, 0.29) is 6.10 Å². The predicted molar refractivity (Wildman–Crippen MR) is 71.4 cm³/mol. The molecule has 0 aliphatic carbocycles. The quantitative estimate of drug-likeness (QED) is 0.857. The van der Waals surface area contributed by atoms with Gasteiger partial charge in [-0.05, 0) is 38.8 Å². The molecule has 1 unspecified atom stereocenters. The topological polar surface area (TPSA) is 36.4 Å². The summed E-state index contributed by atoms with van der Waals surface area (Å²) in [6.07, 6.45) is 2.01. The number of piperidine rings is 1.